The lowest BCUT2D eigenvalue weighted by Gasteiger charge is -2.29. The maximum atomic E-state index is 14.5. The molecule has 30 heavy (non-hydrogen) atoms. The van der Waals surface area contributed by atoms with E-state index in [1.54, 1.807) is 19.1 Å². The molecule has 1 aromatic carbocycles. The highest BCUT2D eigenvalue weighted by Gasteiger charge is 2.24. The fourth-order valence-electron chi connectivity index (χ4n) is 3.53. The quantitative estimate of drug-likeness (QED) is 0.553. The number of aromatic nitrogens is 1. The Hall–Kier alpha value is -3.20. The molecule has 0 aliphatic carbocycles. The number of ether oxygens (including phenoxy) is 2. The third-order valence-electron chi connectivity index (χ3n) is 4.99. The number of methoxy groups -OCH3 is 1. The van der Waals surface area contributed by atoms with Gasteiger partial charge in [-0.2, -0.15) is 0 Å². The molecular formula is C21H24FN3O5. The second-order valence-corrected chi connectivity index (χ2v) is 7.02. The van der Waals surface area contributed by atoms with Crippen molar-refractivity contribution in [3.8, 4) is 0 Å². The number of nitrogens with one attached hydrogen (secondary N) is 2. The lowest BCUT2D eigenvalue weighted by molar-refractivity contribution is -0.115. The average molecular weight is 417 g/mol. The number of halogens is 1. The van der Waals surface area contributed by atoms with Gasteiger partial charge in [-0.25, -0.2) is 9.18 Å². The number of hydrogen-bond acceptors (Lipinski definition) is 6. The Morgan fingerprint density at radius 2 is 1.97 bits per heavy atom. The summed E-state index contributed by atoms with van der Waals surface area (Å²) in [5.41, 5.74) is 1.86. The Morgan fingerprint density at radius 1 is 1.27 bits per heavy atom. The lowest BCUT2D eigenvalue weighted by atomic mass is 10.1. The van der Waals surface area contributed by atoms with Crippen LogP contribution in [-0.2, 0) is 20.7 Å². The molecule has 1 fully saturated rings. The third-order valence-corrected chi connectivity index (χ3v) is 4.99. The molecule has 1 aliphatic heterocycles. The Balaban J connectivity index is 1.76. The minimum atomic E-state index is -0.639. The van der Waals surface area contributed by atoms with Gasteiger partial charge < -0.3 is 24.7 Å². The van der Waals surface area contributed by atoms with Gasteiger partial charge in [0, 0.05) is 31.4 Å². The maximum Gasteiger partial charge on any atom is 0.339 e. The second-order valence-electron chi connectivity index (χ2n) is 7.02. The SMILES string of the molecule is COC(=O)c1c(CC(=O)Nc2ccc(N3CCOCC3)c(F)c2)[nH]c(C(C)=O)c1C. The van der Waals surface area contributed by atoms with Crippen LogP contribution in [0.1, 0.15) is 39.0 Å². The van der Waals surface area contributed by atoms with Crippen molar-refractivity contribution in [1.82, 2.24) is 4.98 Å². The van der Waals surface area contributed by atoms with E-state index in [1.807, 2.05) is 4.90 Å². The summed E-state index contributed by atoms with van der Waals surface area (Å²) in [5.74, 6) is -1.81. The standard InChI is InChI=1S/C21H24FN3O5/c1-12-19(21(28)29-3)16(24-20(12)13(2)26)11-18(27)23-14-4-5-17(15(22)10-14)25-6-8-30-9-7-25/h4-5,10,24H,6-9,11H2,1-3H3,(H,23,27). The van der Waals surface area contributed by atoms with Crippen molar-refractivity contribution in [2.45, 2.75) is 20.3 Å². The molecule has 9 heteroatoms. The van der Waals surface area contributed by atoms with Gasteiger partial charge in [-0.15, -0.1) is 0 Å². The zero-order valence-electron chi connectivity index (χ0n) is 17.1. The molecule has 2 aromatic rings. The van der Waals surface area contributed by atoms with Gasteiger partial charge >= 0.3 is 5.97 Å². The van der Waals surface area contributed by atoms with Gasteiger partial charge in [0.15, 0.2) is 5.78 Å². The first kappa shape index (κ1) is 21.5. The summed E-state index contributed by atoms with van der Waals surface area (Å²) in [4.78, 5) is 41.1. The molecule has 0 bridgehead atoms. The molecule has 2 heterocycles. The number of H-pyrrole nitrogens is 1. The summed E-state index contributed by atoms with van der Waals surface area (Å²) in [5, 5.41) is 2.62. The summed E-state index contributed by atoms with van der Waals surface area (Å²) in [6, 6.07) is 4.49. The summed E-state index contributed by atoms with van der Waals surface area (Å²) in [7, 11) is 1.23. The molecule has 1 amide bonds. The highest BCUT2D eigenvalue weighted by molar-refractivity contribution is 6.02. The minimum absolute atomic E-state index is 0.159. The summed E-state index contributed by atoms with van der Waals surface area (Å²) in [6.07, 6.45) is -0.203. The van der Waals surface area contributed by atoms with Gasteiger partial charge in [0.25, 0.3) is 0 Å². The van der Waals surface area contributed by atoms with Crippen molar-refractivity contribution in [2.75, 3.05) is 43.6 Å². The van der Waals surface area contributed by atoms with E-state index in [-0.39, 0.29) is 29.2 Å². The van der Waals surface area contributed by atoms with Gasteiger partial charge in [0.2, 0.25) is 5.91 Å². The molecule has 0 radical (unpaired) electrons. The summed E-state index contributed by atoms with van der Waals surface area (Å²) < 4.78 is 24.6. The number of rotatable bonds is 6. The number of ketones is 1. The maximum absolute atomic E-state index is 14.5. The number of esters is 1. The van der Waals surface area contributed by atoms with Crippen molar-refractivity contribution >= 4 is 29.0 Å². The van der Waals surface area contributed by atoms with E-state index in [0.29, 0.717) is 43.2 Å². The van der Waals surface area contributed by atoms with Crippen molar-refractivity contribution in [3.05, 3.63) is 46.5 Å². The largest absolute Gasteiger partial charge is 0.465 e. The zero-order chi connectivity index (χ0) is 21.8. The fraction of sp³-hybridized carbons (Fsp3) is 0.381. The number of anilines is 2. The summed E-state index contributed by atoms with van der Waals surface area (Å²) in [6.45, 7) is 5.26. The first-order chi connectivity index (χ1) is 14.3. The van der Waals surface area contributed by atoms with E-state index in [9.17, 15) is 18.8 Å². The van der Waals surface area contributed by atoms with E-state index in [2.05, 4.69) is 10.3 Å². The molecule has 0 saturated carbocycles. The molecule has 0 unspecified atom stereocenters. The van der Waals surface area contributed by atoms with Gasteiger partial charge in [0.05, 0.1) is 43.7 Å². The van der Waals surface area contributed by atoms with Crippen LogP contribution < -0.4 is 10.2 Å². The van der Waals surface area contributed by atoms with Gasteiger partial charge in [0.1, 0.15) is 5.82 Å². The molecule has 0 spiro atoms. The topological polar surface area (TPSA) is 101 Å². The smallest absolute Gasteiger partial charge is 0.339 e. The van der Waals surface area contributed by atoms with Crippen molar-refractivity contribution in [2.24, 2.45) is 0 Å². The lowest BCUT2D eigenvalue weighted by Crippen LogP contribution is -2.36. The number of nitrogens with zero attached hydrogens (tertiary/aromatic N) is 1. The molecular weight excluding hydrogens is 393 g/mol. The van der Waals surface area contributed by atoms with Crippen LogP contribution in [0.4, 0.5) is 15.8 Å². The van der Waals surface area contributed by atoms with E-state index < -0.39 is 17.7 Å². The van der Waals surface area contributed by atoms with Gasteiger partial charge in [-0.1, -0.05) is 0 Å². The Bertz CT molecular complexity index is 979. The molecule has 0 atom stereocenters. The van der Waals surface area contributed by atoms with Crippen molar-refractivity contribution in [1.29, 1.82) is 0 Å². The monoisotopic (exact) mass is 417 g/mol. The van der Waals surface area contributed by atoms with Gasteiger partial charge in [-0.3, -0.25) is 9.59 Å². The fourth-order valence-corrected chi connectivity index (χ4v) is 3.53. The average Bonchev–Trinajstić information content (AvgIpc) is 3.04. The van der Waals surface area contributed by atoms with E-state index >= 15 is 0 Å². The van der Waals surface area contributed by atoms with E-state index in [0.717, 1.165) is 0 Å². The van der Waals surface area contributed by atoms with Crippen molar-refractivity contribution in [3.63, 3.8) is 0 Å². The molecule has 1 saturated heterocycles. The highest BCUT2D eigenvalue weighted by Crippen LogP contribution is 2.25. The number of morpholine rings is 1. The van der Waals surface area contributed by atoms with Crippen LogP contribution in [-0.4, -0.2) is 56.1 Å². The number of carbonyl (C=O) groups excluding carboxylic acids is 3. The minimum Gasteiger partial charge on any atom is -0.465 e. The Labute approximate surface area is 173 Å². The number of benzene rings is 1. The number of amides is 1. The van der Waals surface area contributed by atoms with Gasteiger partial charge in [-0.05, 0) is 30.7 Å². The number of aromatic amines is 1. The van der Waals surface area contributed by atoms with Crippen LogP contribution in [0, 0.1) is 12.7 Å². The Morgan fingerprint density at radius 3 is 2.57 bits per heavy atom. The number of carbonyl (C=O) groups is 3. The van der Waals surface area contributed by atoms with Crippen LogP contribution in [0.25, 0.3) is 0 Å². The molecule has 160 valence electrons. The first-order valence-electron chi connectivity index (χ1n) is 9.54. The van der Waals surface area contributed by atoms with Crippen LogP contribution in [0.5, 0.6) is 0 Å². The van der Waals surface area contributed by atoms with Crippen molar-refractivity contribution < 1.29 is 28.2 Å². The molecule has 3 rings (SSSR count). The summed E-state index contributed by atoms with van der Waals surface area (Å²) >= 11 is 0. The van der Waals surface area contributed by atoms with Crippen LogP contribution in [0.2, 0.25) is 0 Å². The zero-order valence-corrected chi connectivity index (χ0v) is 17.1. The molecule has 2 N–H and O–H groups in total. The third kappa shape index (κ3) is 4.51. The number of hydrogen-bond donors (Lipinski definition) is 2. The van der Waals surface area contributed by atoms with E-state index in [1.165, 1.54) is 20.1 Å². The molecule has 1 aliphatic rings. The van der Waals surface area contributed by atoms with E-state index in [4.69, 9.17) is 9.47 Å². The predicted molar refractivity (Wildman–Crippen MR) is 109 cm³/mol. The van der Waals surface area contributed by atoms with Crippen LogP contribution in [0.3, 0.4) is 0 Å². The normalized spacial score (nSPS) is 13.8. The number of Topliss-reactive ketones (excluding diaryl/α,β-unsaturated/α-hetero) is 1. The Kier molecular flexibility index (Phi) is 6.51. The molecule has 1 aromatic heterocycles. The molecule has 8 nitrogen and oxygen atoms in total. The predicted octanol–water partition coefficient (Wildman–Crippen LogP) is 2.47. The van der Waals surface area contributed by atoms with Crippen LogP contribution >= 0.6 is 0 Å². The second kappa shape index (κ2) is 9.08. The highest BCUT2D eigenvalue weighted by atomic mass is 19.1. The first-order valence-corrected chi connectivity index (χ1v) is 9.54. The van der Waals surface area contributed by atoms with Crippen LogP contribution in [0.15, 0.2) is 18.2 Å².